The largest absolute Gasteiger partial charge is 0.481 e. The van der Waals surface area contributed by atoms with E-state index < -0.39 is 12.0 Å². The first-order chi connectivity index (χ1) is 6.09. The first-order valence-electron chi connectivity index (χ1n) is 3.82. The molecule has 3 nitrogen and oxygen atoms in total. The molecule has 0 saturated carbocycles. The van der Waals surface area contributed by atoms with Crippen molar-refractivity contribution < 1.29 is 9.90 Å². The number of halogens is 2. The highest BCUT2D eigenvalue weighted by Crippen LogP contribution is 2.16. The molecule has 14 heavy (non-hydrogen) atoms. The van der Waals surface area contributed by atoms with Gasteiger partial charge in [0.25, 0.3) is 0 Å². The minimum absolute atomic E-state index is 0. The van der Waals surface area contributed by atoms with Crippen molar-refractivity contribution in [3.63, 3.8) is 0 Å². The predicted octanol–water partition coefficient (Wildman–Crippen LogP) is 2.24. The maximum atomic E-state index is 10.3. The quantitative estimate of drug-likeness (QED) is 0.845. The highest BCUT2D eigenvalue weighted by molar-refractivity contribution is 6.30. The summed E-state index contributed by atoms with van der Waals surface area (Å²) in [6, 6.07) is 6.39. The number of hydrogen-bond acceptors (Lipinski definition) is 2. The zero-order valence-electron chi connectivity index (χ0n) is 7.31. The van der Waals surface area contributed by atoms with Gasteiger partial charge < -0.3 is 10.8 Å². The van der Waals surface area contributed by atoms with Gasteiger partial charge in [0.15, 0.2) is 0 Å². The molecule has 0 saturated heterocycles. The van der Waals surface area contributed by atoms with E-state index in [1.165, 1.54) is 0 Å². The number of rotatable bonds is 3. The second kappa shape index (κ2) is 5.86. The third-order valence-corrected chi connectivity index (χ3v) is 1.94. The molecular formula is C9H11Cl2NO2. The lowest BCUT2D eigenvalue weighted by Gasteiger charge is -2.08. The number of hydrogen-bond donors (Lipinski definition) is 2. The Morgan fingerprint density at radius 2 is 1.93 bits per heavy atom. The zero-order valence-corrected chi connectivity index (χ0v) is 8.89. The maximum Gasteiger partial charge on any atom is 0.305 e. The summed E-state index contributed by atoms with van der Waals surface area (Å²) in [6.45, 7) is 0. The van der Waals surface area contributed by atoms with Gasteiger partial charge in [0.05, 0.1) is 6.42 Å². The standard InChI is InChI=1S/C9H10ClNO2.ClH/c10-7-3-1-6(2-4-7)8(11)5-9(12)13;/h1-4,8H,5,11H2,(H,12,13);1H/t8-;/m1./s1. The summed E-state index contributed by atoms with van der Waals surface area (Å²) >= 11 is 5.66. The van der Waals surface area contributed by atoms with Gasteiger partial charge in [0, 0.05) is 11.1 Å². The summed E-state index contributed by atoms with van der Waals surface area (Å²) in [5.74, 6) is -0.901. The summed E-state index contributed by atoms with van der Waals surface area (Å²) in [6.07, 6.45) is -0.0678. The Labute approximate surface area is 93.3 Å². The van der Waals surface area contributed by atoms with Crippen LogP contribution in [0, 0.1) is 0 Å². The minimum Gasteiger partial charge on any atom is -0.481 e. The molecule has 1 rings (SSSR count). The lowest BCUT2D eigenvalue weighted by Crippen LogP contribution is -2.14. The van der Waals surface area contributed by atoms with E-state index in [4.69, 9.17) is 22.4 Å². The van der Waals surface area contributed by atoms with Crippen molar-refractivity contribution in [1.82, 2.24) is 0 Å². The summed E-state index contributed by atoms with van der Waals surface area (Å²) in [7, 11) is 0. The van der Waals surface area contributed by atoms with Crippen molar-refractivity contribution >= 4 is 30.0 Å². The Balaban J connectivity index is 0.00000169. The van der Waals surface area contributed by atoms with Crippen LogP contribution in [-0.2, 0) is 4.79 Å². The average molecular weight is 236 g/mol. The number of nitrogens with two attached hydrogens (primary N) is 1. The molecule has 1 aromatic carbocycles. The lowest BCUT2D eigenvalue weighted by molar-refractivity contribution is -0.137. The molecule has 0 unspecified atom stereocenters. The molecule has 0 aliphatic carbocycles. The van der Waals surface area contributed by atoms with Crippen molar-refractivity contribution in [2.75, 3.05) is 0 Å². The number of benzene rings is 1. The van der Waals surface area contributed by atoms with Crippen LogP contribution in [-0.4, -0.2) is 11.1 Å². The summed E-state index contributed by atoms with van der Waals surface area (Å²) in [5.41, 5.74) is 6.41. The van der Waals surface area contributed by atoms with Crippen LogP contribution in [0.15, 0.2) is 24.3 Å². The third kappa shape index (κ3) is 3.96. The molecule has 0 aromatic heterocycles. The molecule has 0 fully saturated rings. The van der Waals surface area contributed by atoms with Crippen LogP contribution in [0.2, 0.25) is 5.02 Å². The van der Waals surface area contributed by atoms with Gasteiger partial charge in [-0.15, -0.1) is 12.4 Å². The fourth-order valence-electron chi connectivity index (χ4n) is 1.02. The normalized spacial score (nSPS) is 11.6. The van der Waals surface area contributed by atoms with Crippen molar-refractivity contribution in [2.24, 2.45) is 5.73 Å². The van der Waals surface area contributed by atoms with E-state index in [9.17, 15) is 4.79 Å². The Hall–Kier alpha value is -0.770. The summed E-state index contributed by atoms with van der Waals surface area (Å²) in [4.78, 5) is 10.3. The highest BCUT2D eigenvalue weighted by atomic mass is 35.5. The summed E-state index contributed by atoms with van der Waals surface area (Å²) in [5, 5.41) is 9.11. The van der Waals surface area contributed by atoms with Gasteiger partial charge in [-0.25, -0.2) is 0 Å². The van der Waals surface area contributed by atoms with Crippen LogP contribution >= 0.6 is 24.0 Å². The Morgan fingerprint density at radius 3 is 2.36 bits per heavy atom. The number of carboxylic acids is 1. The number of carboxylic acid groups (broad SMARTS) is 1. The molecule has 1 aromatic rings. The van der Waals surface area contributed by atoms with Gasteiger partial charge in [-0.05, 0) is 17.7 Å². The summed E-state index contributed by atoms with van der Waals surface area (Å²) < 4.78 is 0. The minimum atomic E-state index is -0.901. The molecule has 0 bridgehead atoms. The van der Waals surface area contributed by atoms with Crippen molar-refractivity contribution in [3.8, 4) is 0 Å². The van der Waals surface area contributed by atoms with Gasteiger partial charge in [-0.3, -0.25) is 4.79 Å². The van der Waals surface area contributed by atoms with E-state index in [1.807, 2.05) is 0 Å². The average Bonchev–Trinajstić information content (AvgIpc) is 2.04. The maximum absolute atomic E-state index is 10.3. The molecule has 0 aliphatic rings. The molecule has 5 heteroatoms. The molecule has 0 aliphatic heterocycles. The predicted molar refractivity (Wildman–Crippen MR) is 57.9 cm³/mol. The van der Waals surface area contributed by atoms with Crippen LogP contribution in [0.1, 0.15) is 18.0 Å². The monoisotopic (exact) mass is 235 g/mol. The molecule has 3 N–H and O–H groups in total. The van der Waals surface area contributed by atoms with Crippen molar-refractivity contribution in [2.45, 2.75) is 12.5 Å². The topological polar surface area (TPSA) is 63.3 Å². The first kappa shape index (κ1) is 13.2. The second-order valence-electron chi connectivity index (χ2n) is 2.76. The fraction of sp³-hybridized carbons (Fsp3) is 0.222. The van der Waals surface area contributed by atoms with Crippen LogP contribution < -0.4 is 5.73 Å². The van der Waals surface area contributed by atoms with Gasteiger partial charge in [-0.1, -0.05) is 23.7 Å². The number of aliphatic carboxylic acids is 1. The van der Waals surface area contributed by atoms with E-state index in [2.05, 4.69) is 0 Å². The van der Waals surface area contributed by atoms with Crippen molar-refractivity contribution in [3.05, 3.63) is 34.9 Å². The van der Waals surface area contributed by atoms with Crippen LogP contribution in [0.3, 0.4) is 0 Å². The Morgan fingerprint density at radius 1 is 1.43 bits per heavy atom. The van der Waals surface area contributed by atoms with Gasteiger partial charge in [-0.2, -0.15) is 0 Å². The lowest BCUT2D eigenvalue weighted by atomic mass is 10.1. The van der Waals surface area contributed by atoms with Crippen LogP contribution in [0.4, 0.5) is 0 Å². The van der Waals surface area contributed by atoms with E-state index >= 15 is 0 Å². The first-order valence-corrected chi connectivity index (χ1v) is 4.20. The van der Waals surface area contributed by atoms with Gasteiger partial charge in [0.1, 0.15) is 0 Å². The van der Waals surface area contributed by atoms with E-state index in [0.717, 1.165) is 5.56 Å². The molecular weight excluding hydrogens is 225 g/mol. The second-order valence-corrected chi connectivity index (χ2v) is 3.19. The molecule has 0 radical (unpaired) electrons. The smallest absolute Gasteiger partial charge is 0.305 e. The van der Waals surface area contributed by atoms with Gasteiger partial charge >= 0.3 is 5.97 Å². The van der Waals surface area contributed by atoms with E-state index in [-0.39, 0.29) is 18.8 Å². The highest BCUT2D eigenvalue weighted by Gasteiger charge is 2.09. The van der Waals surface area contributed by atoms with E-state index in [1.54, 1.807) is 24.3 Å². The Kier molecular flexibility index (Phi) is 5.53. The van der Waals surface area contributed by atoms with E-state index in [0.29, 0.717) is 5.02 Å². The Bertz CT molecular complexity index is 300. The fourth-order valence-corrected chi connectivity index (χ4v) is 1.14. The zero-order chi connectivity index (χ0) is 9.84. The van der Waals surface area contributed by atoms with Crippen LogP contribution in [0.25, 0.3) is 0 Å². The van der Waals surface area contributed by atoms with Crippen LogP contribution in [0.5, 0.6) is 0 Å². The molecule has 0 spiro atoms. The SMILES string of the molecule is Cl.N[C@H](CC(=O)O)c1ccc(Cl)cc1. The number of carbonyl (C=O) groups is 1. The molecule has 1 atom stereocenters. The van der Waals surface area contributed by atoms with Crippen molar-refractivity contribution in [1.29, 1.82) is 0 Å². The molecule has 0 amide bonds. The van der Waals surface area contributed by atoms with Gasteiger partial charge in [0.2, 0.25) is 0 Å². The molecule has 78 valence electrons. The molecule has 0 heterocycles. The third-order valence-electron chi connectivity index (χ3n) is 1.69.